The minimum absolute atomic E-state index is 0.0306. The lowest BCUT2D eigenvalue weighted by Crippen LogP contribution is -2.21. The van der Waals surface area contributed by atoms with E-state index in [1.165, 1.54) is 0 Å². The maximum Gasteiger partial charge on any atom is 0.273 e. The van der Waals surface area contributed by atoms with Crippen LogP contribution in [0.4, 0.5) is 0 Å². The molecule has 0 spiro atoms. The molecule has 2 aliphatic rings. The van der Waals surface area contributed by atoms with Gasteiger partial charge >= 0.3 is 0 Å². The second-order valence-corrected chi connectivity index (χ2v) is 5.90. The van der Waals surface area contributed by atoms with Gasteiger partial charge in [-0.2, -0.15) is 0 Å². The normalized spacial score (nSPS) is 17.5. The Morgan fingerprint density at radius 1 is 1.04 bits per heavy atom. The smallest absolute Gasteiger partial charge is 0.273 e. The Hall–Kier alpha value is -3.06. The summed E-state index contributed by atoms with van der Waals surface area (Å²) in [5.41, 5.74) is 4.68. The maximum atomic E-state index is 11.6. The Morgan fingerprint density at radius 3 is 2.58 bits per heavy atom. The van der Waals surface area contributed by atoms with Crippen LogP contribution in [0.25, 0.3) is 17.2 Å². The van der Waals surface area contributed by atoms with E-state index in [9.17, 15) is 9.59 Å². The standard InChI is InChI=1S/C17H12N4O2S/c22-15-13-4-2-9(5-11(13)8-19-15)10-1-3-12(18-7-10)6-14-16(23)21-17(24)20-14/h1-7H,8H2,(H,19,22)(H2,20,21,23,24). The highest BCUT2D eigenvalue weighted by molar-refractivity contribution is 7.80. The van der Waals surface area contributed by atoms with E-state index >= 15 is 0 Å². The largest absolute Gasteiger partial charge is 0.348 e. The van der Waals surface area contributed by atoms with Crippen LogP contribution in [0.5, 0.6) is 0 Å². The van der Waals surface area contributed by atoms with Crippen LogP contribution in [0.3, 0.4) is 0 Å². The molecule has 0 radical (unpaired) electrons. The third-order valence-electron chi connectivity index (χ3n) is 3.92. The summed E-state index contributed by atoms with van der Waals surface area (Å²) in [5, 5.41) is 8.39. The fourth-order valence-electron chi connectivity index (χ4n) is 2.70. The van der Waals surface area contributed by atoms with Gasteiger partial charge in [-0.25, -0.2) is 0 Å². The number of hydrogen-bond acceptors (Lipinski definition) is 4. The molecule has 2 aliphatic heterocycles. The van der Waals surface area contributed by atoms with Crippen LogP contribution in [0.1, 0.15) is 21.6 Å². The SMILES string of the molecule is O=C1NC(=S)NC1=Cc1ccc(-c2ccc3c(c2)CNC3=O)cn1. The van der Waals surface area contributed by atoms with Gasteiger partial charge in [-0.3, -0.25) is 19.9 Å². The number of carbonyl (C=O) groups is 2. The predicted octanol–water partition coefficient (Wildman–Crippen LogP) is 1.34. The van der Waals surface area contributed by atoms with E-state index in [1.807, 2.05) is 30.3 Å². The molecule has 3 heterocycles. The molecule has 4 rings (SSSR count). The molecule has 0 unspecified atom stereocenters. The fourth-order valence-corrected chi connectivity index (χ4v) is 2.91. The zero-order valence-corrected chi connectivity index (χ0v) is 13.2. The van der Waals surface area contributed by atoms with E-state index in [0.29, 0.717) is 23.0 Å². The first kappa shape index (κ1) is 14.5. The summed E-state index contributed by atoms with van der Waals surface area (Å²) < 4.78 is 0. The molecule has 0 bridgehead atoms. The fraction of sp³-hybridized carbons (Fsp3) is 0.0588. The summed E-state index contributed by atoms with van der Waals surface area (Å²) >= 11 is 4.89. The van der Waals surface area contributed by atoms with Gasteiger partial charge < -0.3 is 10.6 Å². The molecule has 0 saturated carbocycles. The third kappa shape index (κ3) is 2.55. The van der Waals surface area contributed by atoms with Crippen molar-refractivity contribution in [2.75, 3.05) is 0 Å². The number of benzene rings is 1. The zero-order chi connectivity index (χ0) is 16.7. The Labute approximate surface area is 143 Å². The van der Waals surface area contributed by atoms with Gasteiger partial charge in [0.15, 0.2) is 5.11 Å². The molecule has 2 aromatic rings. The number of rotatable bonds is 2. The molecule has 0 atom stereocenters. The molecule has 7 heteroatoms. The van der Waals surface area contributed by atoms with E-state index in [0.717, 1.165) is 22.3 Å². The predicted molar refractivity (Wildman–Crippen MR) is 92.7 cm³/mol. The molecule has 2 amide bonds. The number of hydrogen-bond donors (Lipinski definition) is 3. The topological polar surface area (TPSA) is 83.1 Å². The summed E-state index contributed by atoms with van der Waals surface area (Å²) in [7, 11) is 0. The van der Waals surface area contributed by atoms with Crippen molar-refractivity contribution in [1.82, 2.24) is 20.9 Å². The van der Waals surface area contributed by atoms with Gasteiger partial charge in [0.25, 0.3) is 11.8 Å². The number of aromatic nitrogens is 1. The van der Waals surface area contributed by atoms with Gasteiger partial charge in [0.2, 0.25) is 0 Å². The van der Waals surface area contributed by atoms with Crippen molar-refractivity contribution in [1.29, 1.82) is 0 Å². The molecule has 118 valence electrons. The zero-order valence-electron chi connectivity index (χ0n) is 12.4. The van der Waals surface area contributed by atoms with Gasteiger partial charge in [-0.1, -0.05) is 12.1 Å². The van der Waals surface area contributed by atoms with Crippen molar-refractivity contribution in [3.05, 3.63) is 59.0 Å². The second kappa shape index (κ2) is 5.54. The first-order valence-corrected chi connectivity index (χ1v) is 7.72. The molecule has 1 aromatic carbocycles. The number of pyridine rings is 1. The maximum absolute atomic E-state index is 11.6. The molecular weight excluding hydrogens is 324 g/mol. The summed E-state index contributed by atoms with van der Waals surface area (Å²) in [5.74, 6) is -0.293. The molecule has 1 saturated heterocycles. The van der Waals surface area contributed by atoms with Crippen molar-refractivity contribution < 1.29 is 9.59 Å². The highest BCUT2D eigenvalue weighted by Gasteiger charge is 2.20. The van der Waals surface area contributed by atoms with Crippen molar-refractivity contribution in [2.45, 2.75) is 6.54 Å². The van der Waals surface area contributed by atoms with Crippen molar-refractivity contribution >= 4 is 35.2 Å². The molecule has 6 nitrogen and oxygen atoms in total. The third-order valence-corrected chi connectivity index (χ3v) is 4.13. The average Bonchev–Trinajstić information content (AvgIpc) is 3.10. The minimum Gasteiger partial charge on any atom is -0.348 e. The number of fused-ring (bicyclic) bond motifs is 1. The van der Waals surface area contributed by atoms with Crippen LogP contribution in [-0.2, 0) is 11.3 Å². The van der Waals surface area contributed by atoms with E-state index in [4.69, 9.17) is 12.2 Å². The van der Waals surface area contributed by atoms with Crippen LogP contribution in [-0.4, -0.2) is 21.9 Å². The number of amides is 2. The molecule has 24 heavy (non-hydrogen) atoms. The van der Waals surface area contributed by atoms with Gasteiger partial charge in [0.05, 0.1) is 5.69 Å². The van der Waals surface area contributed by atoms with Crippen molar-refractivity contribution in [2.24, 2.45) is 0 Å². The van der Waals surface area contributed by atoms with Crippen LogP contribution in [0, 0.1) is 0 Å². The summed E-state index contributed by atoms with van der Waals surface area (Å²) in [6.07, 6.45) is 3.38. The van der Waals surface area contributed by atoms with Crippen LogP contribution in [0.15, 0.2) is 42.2 Å². The Bertz CT molecular complexity index is 919. The molecule has 0 aliphatic carbocycles. The van der Waals surface area contributed by atoms with Crippen LogP contribution < -0.4 is 16.0 Å². The quantitative estimate of drug-likeness (QED) is 0.569. The van der Waals surface area contributed by atoms with E-state index in [2.05, 4.69) is 20.9 Å². The lowest BCUT2D eigenvalue weighted by molar-refractivity contribution is -0.115. The van der Waals surface area contributed by atoms with Crippen LogP contribution >= 0.6 is 12.2 Å². The molecule has 1 fully saturated rings. The number of carbonyl (C=O) groups excluding carboxylic acids is 2. The van der Waals surface area contributed by atoms with Crippen LogP contribution in [0.2, 0.25) is 0 Å². The Kier molecular flexibility index (Phi) is 3.35. The summed E-state index contributed by atoms with van der Waals surface area (Å²) in [6.45, 7) is 0.556. The van der Waals surface area contributed by atoms with Gasteiger partial charge in [-0.05, 0) is 47.6 Å². The first-order valence-electron chi connectivity index (χ1n) is 7.32. The molecular formula is C17H12N4O2S. The average molecular weight is 336 g/mol. The van der Waals surface area contributed by atoms with Gasteiger partial charge in [-0.15, -0.1) is 0 Å². The minimum atomic E-state index is -0.262. The van der Waals surface area contributed by atoms with E-state index in [-0.39, 0.29) is 11.8 Å². The van der Waals surface area contributed by atoms with Crippen molar-refractivity contribution in [3.63, 3.8) is 0 Å². The lowest BCUT2D eigenvalue weighted by atomic mass is 10.0. The monoisotopic (exact) mass is 336 g/mol. The van der Waals surface area contributed by atoms with Gasteiger partial charge in [0.1, 0.15) is 5.70 Å². The lowest BCUT2D eigenvalue weighted by Gasteiger charge is -2.04. The van der Waals surface area contributed by atoms with Gasteiger partial charge in [0, 0.05) is 23.9 Å². The molecule has 3 N–H and O–H groups in total. The first-order chi connectivity index (χ1) is 11.6. The van der Waals surface area contributed by atoms with Crippen molar-refractivity contribution in [3.8, 4) is 11.1 Å². The number of thiocarbonyl (C=S) groups is 1. The highest BCUT2D eigenvalue weighted by Crippen LogP contribution is 2.25. The van der Waals surface area contributed by atoms with E-state index in [1.54, 1.807) is 12.3 Å². The number of nitrogens with zero attached hydrogens (tertiary/aromatic N) is 1. The highest BCUT2D eigenvalue weighted by atomic mass is 32.1. The Balaban J connectivity index is 1.61. The molecule has 1 aromatic heterocycles. The Morgan fingerprint density at radius 2 is 1.88 bits per heavy atom. The van der Waals surface area contributed by atoms with E-state index < -0.39 is 0 Å². The summed E-state index contributed by atoms with van der Waals surface area (Å²) in [6, 6.07) is 9.48. The number of nitrogens with one attached hydrogen (secondary N) is 3. The summed E-state index contributed by atoms with van der Waals surface area (Å²) in [4.78, 5) is 27.6. The second-order valence-electron chi connectivity index (χ2n) is 5.49.